The normalized spacial score (nSPS) is 11.4. The van der Waals surface area contributed by atoms with Crippen LogP contribution in [0, 0.1) is 0 Å². The number of thiophene rings is 1. The van der Waals surface area contributed by atoms with Crippen LogP contribution in [0.4, 0.5) is 0 Å². The van der Waals surface area contributed by atoms with Crippen molar-refractivity contribution >= 4 is 49.2 Å². The number of carboxylic acid groups (broad SMARTS) is 1. The van der Waals surface area contributed by atoms with E-state index in [4.69, 9.17) is 5.11 Å². The highest BCUT2D eigenvalue weighted by atomic mass is 79.9. The van der Waals surface area contributed by atoms with Gasteiger partial charge in [-0.25, -0.2) is 0 Å². The molecular weight excluding hydrogens is 370 g/mol. The predicted octanol–water partition coefficient (Wildman–Crippen LogP) is 3.96. The van der Waals surface area contributed by atoms with Crippen LogP contribution in [0.3, 0.4) is 0 Å². The molecule has 1 aromatic rings. The molecule has 0 aliphatic heterocycles. The minimum absolute atomic E-state index is 0.186. The Morgan fingerprint density at radius 2 is 2.18 bits per heavy atom. The van der Waals surface area contributed by atoms with Gasteiger partial charge in [0, 0.05) is 28.5 Å². The van der Waals surface area contributed by atoms with Gasteiger partial charge in [-0.3, -0.25) is 9.69 Å². The lowest BCUT2D eigenvalue weighted by atomic mass is 10.2. The summed E-state index contributed by atoms with van der Waals surface area (Å²) in [6.07, 6.45) is 0.186. The topological polar surface area (TPSA) is 40.5 Å². The van der Waals surface area contributed by atoms with Crippen LogP contribution in [-0.2, 0) is 11.3 Å². The minimum atomic E-state index is -0.746. The Kier molecular flexibility index (Phi) is 6.12. The van der Waals surface area contributed by atoms with Crippen molar-refractivity contribution in [1.82, 2.24) is 4.90 Å². The molecule has 0 saturated heterocycles. The van der Waals surface area contributed by atoms with Crippen molar-refractivity contribution in [2.75, 3.05) is 6.54 Å². The highest BCUT2D eigenvalue weighted by molar-refractivity contribution is 9.13. The van der Waals surface area contributed by atoms with Crippen molar-refractivity contribution in [2.45, 2.75) is 32.9 Å². The fraction of sp³-hybridized carbons (Fsp3) is 0.545. The second kappa shape index (κ2) is 6.87. The molecule has 0 aliphatic rings. The largest absolute Gasteiger partial charge is 0.481 e. The summed E-state index contributed by atoms with van der Waals surface area (Å²) in [6, 6.07) is 2.42. The van der Waals surface area contributed by atoms with E-state index in [1.165, 1.54) is 4.88 Å². The van der Waals surface area contributed by atoms with E-state index in [9.17, 15) is 4.79 Å². The molecule has 0 atom stereocenters. The van der Waals surface area contributed by atoms with Gasteiger partial charge < -0.3 is 5.11 Å². The summed E-state index contributed by atoms with van der Waals surface area (Å²) in [5, 5.41) is 8.72. The van der Waals surface area contributed by atoms with Gasteiger partial charge in [-0.2, -0.15) is 0 Å². The molecule has 0 saturated carbocycles. The molecule has 0 bridgehead atoms. The third-order valence-corrected chi connectivity index (χ3v) is 5.64. The summed E-state index contributed by atoms with van der Waals surface area (Å²) in [5.74, 6) is -0.746. The molecule has 17 heavy (non-hydrogen) atoms. The molecule has 0 aliphatic carbocycles. The SMILES string of the molecule is CC(C)N(CCC(=O)O)Cc1cc(Br)c(Br)s1. The monoisotopic (exact) mass is 383 g/mol. The summed E-state index contributed by atoms with van der Waals surface area (Å²) in [4.78, 5) is 14.0. The maximum absolute atomic E-state index is 10.6. The van der Waals surface area contributed by atoms with Crippen molar-refractivity contribution in [2.24, 2.45) is 0 Å². The second-order valence-corrected chi connectivity index (χ2v) is 7.35. The number of carboxylic acids is 1. The molecule has 0 fully saturated rings. The first-order chi connectivity index (χ1) is 7.90. The van der Waals surface area contributed by atoms with E-state index in [-0.39, 0.29) is 6.42 Å². The Bertz CT molecular complexity index is 373. The molecule has 0 radical (unpaired) electrons. The van der Waals surface area contributed by atoms with Gasteiger partial charge in [-0.15, -0.1) is 11.3 Å². The fourth-order valence-electron chi connectivity index (χ4n) is 1.43. The first kappa shape index (κ1) is 15.1. The lowest BCUT2D eigenvalue weighted by molar-refractivity contribution is -0.137. The van der Waals surface area contributed by atoms with Gasteiger partial charge in [0.2, 0.25) is 0 Å². The Morgan fingerprint density at radius 1 is 1.53 bits per heavy atom. The smallest absolute Gasteiger partial charge is 0.304 e. The molecule has 0 unspecified atom stereocenters. The third kappa shape index (κ3) is 5.07. The molecule has 1 rings (SSSR count). The van der Waals surface area contributed by atoms with Crippen LogP contribution in [0.5, 0.6) is 0 Å². The number of rotatable bonds is 6. The molecule has 3 nitrogen and oxygen atoms in total. The van der Waals surface area contributed by atoms with Crippen LogP contribution < -0.4 is 0 Å². The highest BCUT2D eigenvalue weighted by Crippen LogP contribution is 2.33. The van der Waals surface area contributed by atoms with Crippen molar-refractivity contribution < 1.29 is 9.90 Å². The number of carbonyl (C=O) groups is 1. The van der Waals surface area contributed by atoms with Crippen LogP contribution >= 0.6 is 43.2 Å². The lowest BCUT2D eigenvalue weighted by Gasteiger charge is -2.25. The van der Waals surface area contributed by atoms with Crippen LogP contribution in [0.15, 0.2) is 14.3 Å². The molecule has 96 valence electrons. The summed E-state index contributed by atoms with van der Waals surface area (Å²) in [5.41, 5.74) is 0. The van der Waals surface area contributed by atoms with Gasteiger partial charge in [-0.1, -0.05) is 0 Å². The number of aliphatic carboxylic acids is 1. The zero-order valence-electron chi connectivity index (χ0n) is 9.74. The summed E-state index contributed by atoms with van der Waals surface area (Å²) < 4.78 is 2.13. The molecule has 6 heteroatoms. The van der Waals surface area contributed by atoms with Gasteiger partial charge in [0.25, 0.3) is 0 Å². The first-order valence-corrected chi connectivity index (χ1v) is 7.70. The third-order valence-electron chi connectivity index (χ3n) is 2.40. The van der Waals surface area contributed by atoms with Gasteiger partial charge in [0.15, 0.2) is 0 Å². The van der Waals surface area contributed by atoms with E-state index in [1.807, 2.05) is 0 Å². The van der Waals surface area contributed by atoms with Gasteiger partial charge >= 0.3 is 5.97 Å². The van der Waals surface area contributed by atoms with Crippen molar-refractivity contribution in [3.05, 3.63) is 19.2 Å². The van der Waals surface area contributed by atoms with Crippen molar-refractivity contribution in [3.8, 4) is 0 Å². The predicted molar refractivity (Wildman–Crippen MR) is 77.5 cm³/mol. The van der Waals surface area contributed by atoms with Crippen LogP contribution in [0.25, 0.3) is 0 Å². The Labute approximate surface area is 122 Å². The zero-order chi connectivity index (χ0) is 13.0. The Hall–Kier alpha value is 0.0900. The molecular formula is C11H15Br2NO2S. The summed E-state index contributed by atoms with van der Waals surface area (Å²) in [6.45, 7) is 5.54. The fourth-order valence-corrected chi connectivity index (χ4v) is 3.63. The molecule has 0 aromatic carbocycles. The van der Waals surface area contributed by atoms with E-state index >= 15 is 0 Å². The van der Waals surface area contributed by atoms with Crippen LogP contribution in [-0.4, -0.2) is 28.6 Å². The maximum Gasteiger partial charge on any atom is 0.304 e. The molecule has 1 N–H and O–H groups in total. The molecule has 1 heterocycles. The summed E-state index contributed by atoms with van der Waals surface area (Å²) in [7, 11) is 0. The van der Waals surface area contributed by atoms with Gasteiger partial charge in [0.1, 0.15) is 0 Å². The lowest BCUT2D eigenvalue weighted by Crippen LogP contribution is -2.32. The molecule has 0 amide bonds. The van der Waals surface area contributed by atoms with E-state index in [1.54, 1.807) is 11.3 Å². The zero-order valence-corrected chi connectivity index (χ0v) is 13.7. The van der Waals surface area contributed by atoms with E-state index in [0.29, 0.717) is 12.6 Å². The van der Waals surface area contributed by atoms with Gasteiger partial charge in [0.05, 0.1) is 10.2 Å². The standard InChI is InChI=1S/C11H15Br2NO2S/c1-7(2)14(4-3-10(15)16)6-8-5-9(12)11(13)17-8/h5,7H,3-4,6H2,1-2H3,(H,15,16). The Balaban J connectivity index is 2.63. The maximum atomic E-state index is 10.6. The van der Waals surface area contributed by atoms with Crippen LogP contribution in [0.1, 0.15) is 25.1 Å². The molecule has 1 aromatic heterocycles. The van der Waals surface area contributed by atoms with E-state index in [2.05, 4.69) is 56.7 Å². The highest BCUT2D eigenvalue weighted by Gasteiger charge is 2.14. The second-order valence-electron chi connectivity index (χ2n) is 4.04. The van der Waals surface area contributed by atoms with Crippen molar-refractivity contribution in [3.63, 3.8) is 0 Å². The average Bonchev–Trinajstić information content (AvgIpc) is 2.52. The van der Waals surface area contributed by atoms with E-state index < -0.39 is 5.97 Å². The molecule has 0 spiro atoms. The first-order valence-electron chi connectivity index (χ1n) is 5.29. The number of hydrogen-bond donors (Lipinski definition) is 1. The van der Waals surface area contributed by atoms with Crippen molar-refractivity contribution in [1.29, 1.82) is 0 Å². The number of nitrogens with zero attached hydrogens (tertiary/aromatic N) is 1. The summed E-state index contributed by atoms with van der Waals surface area (Å²) >= 11 is 8.60. The van der Waals surface area contributed by atoms with E-state index in [0.717, 1.165) is 14.8 Å². The van der Waals surface area contributed by atoms with Gasteiger partial charge in [-0.05, 0) is 51.8 Å². The minimum Gasteiger partial charge on any atom is -0.481 e. The quantitative estimate of drug-likeness (QED) is 0.806. The van der Waals surface area contributed by atoms with Crippen LogP contribution in [0.2, 0.25) is 0 Å². The number of hydrogen-bond acceptors (Lipinski definition) is 3. The Morgan fingerprint density at radius 3 is 2.59 bits per heavy atom. The number of halogens is 2. The average molecular weight is 385 g/mol.